The molecule has 0 fully saturated rings. The quantitative estimate of drug-likeness (QED) is 0.617. The Morgan fingerprint density at radius 1 is 1.54 bits per heavy atom. The third-order valence-corrected chi connectivity index (χ3v) is 2.08. The lowest BCUT2D eigenvalue weighted by Gasteiger charge is -1.97. The Labute approximate surface area is 74.7 Å². The van der Waals surface area contributed by atoms with Crippen LogP contribution in [-0.2, 0) is 9.84 Å². The molecule has 0 aromatic carbocycles. The first-order chi connectivity index (χ1) is 5.91. The van der Waals surface area contributed by atoms with E-state index in [1.807, 2.05) is 0 Å². The molecular weight excluding hydrogens is 194 g/mol. The molecule has 0 aliphatic heterocycles. The smallest absolute Gasteiger partial charge is 0.267 e. The van der Waals surface area contributed by atoms with Gasteiger partial charge in [-0.25, -0.2) is 18.4 Å². The maximum Gasteiger partial charge on any atom is 0.267 e. The van der Waals surface area contributed by atoms with E-state index in [1.54, 1.807) is 0 Å². The van der Waals surface area contributed by atoms with E-state index in [0.717, 1.165) is 6.26 Å². The fraction of sp³-hybridized carbons (Fsp3) is 0.167. The van der Waals surface area contributed by atoms with Gasteiger partial charge in [0.25, 0.3) is 5.91 Å². The molecule has 0 aliphatic carbocycles. The molecule has 0 atom stereocenters. The Morgan fingerprint density at radius 2 is 2.15 bits per heavy atom. The number of hydrogen-bond acceptors (Lipinski definition) is 5. The average Bonchev–Trinajstić information content (AvgIpc) is 2.03. The van der Waals surface area contributed by atoms with E-state index < -0.39 is 20.9 Å². The van der Waals surface area contributed by atoms with Crippen LogP contribution in [0.25, 0.3) is 0 Å². The minimum atomic E-state index is -3.49. The van der Waals surface area contributed by atoms with E-state index >= 15 is 0 Å². The highest BCUT2D eigenvalue weighted by Crippen LogP contribution is 2.01. The van der Waals surface area contributed by atoms with Crippen LogP contribution in [0.15, 0.2) is 17.4 Å². The van der Waals surface area contributed by atoms with Crippen molar-refractivity contribution in [3.63, 3.8) is 0 Å². The largest absolute Gasteiger partial charge is 0.364 e. The number of nitrogens with zero attached hydrogens (tertiary/aromatic N) is 2. The van der Waals surface area contributed by atoms with Crippen molar-refractivity contribution in [1.82, 2.24) is 9.97 Å². The summed E-state index contributed by atoms with van der Waals surface area (Å²) in [5.41, 5.74) is 4.79. The molecule has 1 amide bonds. The van der Waals surface area contributed by atoms with Crippen LogP contribution in [0, 0.1) is 0 Å². The highest BCUT2D eigenvalue weighted by molar-refractivity contribution is 7.90. The molecule has 0 bridgehead atoms. The lowest BCUT2D eigenvalue weighted by atomic mass is 10.4. The van der Waals surface area contributed by atoms with Gasteiger partial charge in [0.15, 0.2) is 0 Å². The summed E-state index contributed by atoms with van der Waals surface area (Å²) in [6.07, 6.45) is 2.12. The zero-order valence-corrected chi connectivity index (χ0v) is 7.58. The van der Waals surface area contributed by atoms with Crippen LogP contribution in [0.4, 0.5) is 0 Å². The fourth-order valence-electron chi connectivity index (χ4n) is 0.657. The molecule has 1 heterocycles. The molecule has 7 heteroatoms. The molecule has 6 nitrogen and oxygen atoms in total. The minimum absolute atomic E-state index is 0.115. The maximum atomic E-state index is 10.9. The molecule has 0 saturated carbocycles. The average molecular weight is 201 g/mol. The number of sulfone groups is 1. The first-order valence-corrected chi connectivity index (χ1v) is 5.13. The van der Waals surface area contributed by atoms with Crippen LogP contribution in [-0.4, -0.2) is 30.5 Å². The SMILES string of the molecule is CS(=O)(=O)c1nccc(C(N)=O)n1. The first kappa shape index (κ1) is 9.59. The molecule has 2 N–H and O–H groups in total. The van der Waals surface area contributed by atoms with Gasteiger partial charge in [0, 0.05) is 12.5 Å². The molecule has 1 rings (SSSR count). The summed E-state index contributed by atoms with van der Waals surface area (Å²) < 4.78 is 21.9. The lowest BCUT2D eigenvalue weighted by molar-refractivity contribution is 0.0994. The Bertz CT molecular complexity index is 440. The van der Waals surface area contributed by atoms with Gasteiger partial charge in [-0.15, -0.1) is 0 Å². The van der Waals surface area contributed by atoms with Crippen molar-refractivity contribution in [2.75, 3.05) is 6.26 Å². The van der Waals surface area contributed by atoms with E-state index in [1.165, 1.54) is 12.3 Å². The zero-order valence-electron chi connectivity index (χ0n) is 6.76. The molecule has 1 aromatic rings. The van der Waals surface area contributed by atoms with Crippen molar-refractivity contribution < 1.29 is 13.2 Å². The number of amides is 1. The number of primary amides is 1. The van der Waals surface area contributed by atoms with E-state index in [4.69, 9.17) is 5.73 Å². The second-order valence-corrected chi connectivity index (χ2v) is 4.27. The lowest BCUT2D eigenvalue weighted by Crippen LogP contribution is -2.15. The number of aromatic nitrogens is 2. The third kappa shape index (κ3) is 2.22. The molecule has 0 radical (unpaired) electrons. The van der Waals surface area contributed by atoms with Gasteiger partial charge >= 0.3 is 0 Å². The Balaban J connectivity index is 3.29. The number of hydrogen-bond donors (Lipinski definition) is 1. The highest BCUT2D eigenvalue weighted by Gasteiger charge is 2.12. The van der Waals surface area contributed by atoms with Gasteiger partial charge in [-0.1, -0.05) is 0 Å². The molecule has 0 spiro atoms. The number of carbonyl (C=O) groups is 1. The van der Waals surface area contributed by atoms with Crippen LogP contribution >= 0.6 is 0 Å². The molecular formula is C6H7N3O3S. The van der Waals surface area contributed by atoms with Crippen molar-refractivity contribution in [3.05, 3.63) is 18.0 Å². The van der Waals surface area contributed by atoms with Crippen molar-refractivity contribution in [3.8, 4) is 0 Å². The topological polar surface area (TPSA) is 103 Å². The molecule has 0 saturated heterocycles. The van der Waals surface area contributed by atoms with Gasteiger partial charge in [-0.2, -0.15) is 0 Å². The van der Waals surface area contributed by atoms with E-state index in [2.05, 4.69) is 9.97 Å². The van der Waals surface area contributed by atoms with Crippen LogP contribution < -0.4 is 5.73 Å². The van der Waals surface area contributed by atoms with E-state index in [-0.39, 0.29) is 5.69 Å². The van der Waals surface area contributed by atoms with Crippen molar-refractivity contribution in [1.29, 1.82) is 0 Å². The third-order valence-electron chi connectivity index (χ3n) is 1.22. The van der Waals surface area contributed by atoms with Crippen LogP contribution in [0.2, 0.25) is 0 Å². The molecule has 13 heavy (non-hydrogen) atoms. The number of carbonyl (C=O) groups excluding carboxylic acids is 1. The second kappa shape index (κ2) is 3.09. The predicted molar refractivity (Wildman–Crippen MR) is 43.7 cm³/mol. The number of nitrogens with two attached hydrogens (primary N) is 1. The van der Waals surface area contributed by atoms with Gasteiger partial charge in [0.05, 0.1) is 0 Å². The fourth-order valence-corrected chi connectivity index (χ4v) is 1.17. The van der Waals surface area contributed by atoms with E-state index in [9.17, 15) is 13.2 Å². The summed E-state index contributed by atoms with van der Waals surface area (Å²) in [6.45, 7) is 0. The molecule has 0 unspecified atom stereocenters. The van der Waals surface area contributed by atoms with Gasteiger partial charge < -0.3 is 5.73 Å². The van der Waals surface area contributed by atoms with Crippen LogP contribution in [0.3, 0.4) is 0 Å². The highest BCUT2D eigenvalue weighted by atomic mass is 32.2. The Morgan fingerprint density at radius 3 is 2.62 bits per heavy atom. The van der Waals surface area contributed by atoms with Gasteiger partial charge in [0.1, 0.15) is 5.69 Å². The molecule has 1 aromatic heterocycles. The summed E-state index contributed by atoms with van der Waals surface area (Å²) in [5.74, 6) is -0.785. The summed E-state index contributed by atoms with van der Waals surface area (Å²) in [4.78, 5) is 17.6. The van der Waals surface area contributed by atoms with Gasteiger partial charge in [-0.05, 0) is 6.07 Å². The molecule has 0 aliphatic rings. The summed E-state index contributed by atoms with van der Waals surface area (Å²) in [7, 11) is -3.49. The second-order valence-electron chi connectivity index (χ2n) is 2.36. The van der Waals surface area contributed by atoms with Crippen LogP contribution in [0.5, 0.6) is 0 Å². The van der Waals surface area contributed by atoms with Gasteiger partial charge in [0.2, 0.25) is 15.0 Å². The molecule has 70 valence electrons. The standard InChI is InChI=1S/C6H7N3O3S/c1-13(11,12)6-8-3-2-4(9-6)5(7)10/h2-3H,1H3,(H2,7,10). The Kier molecular flexibility index (Phi) is 2.28. The summed E-state index contributed by atoms with van der Waals surface area (Å²) in [6, 6.07) is 1.25. The van der Waals surface area contributed by atoms with Crippen molar-refractivity contribution >= 4 is 15.7 Å². The summed E-state index contributed by atoms with van der Waals surface area (Å²) >= 11 is 0. The monoisotopic (exact) mass is 201 g/mol. The minimum Gasteiger partial charge on any atom is -0.364 e. The first-order valence-electron chi connectivity index (χ1n) is 3.24. The Hall–Kier alpha value is -1.50. The summed E-state index contributed by atoms with van der Waals surface area (Å²) in [5, 5.41) is -0.399. The van der Waals surface area contributed by atoms with Gasteiger partial charge in [-0.3, -0.25) is 4.79 Å². The van der Waals surface area contributed by atoms with E-state index in [0.29, 0.717) is 0 Å². The number of rotatable bonds is 2. The maximum absolute atomic E-state index is 10.9. The predicted octanol–water partition coefficient (Wildman–Crippen LogP) is -1.02. The van der Waals surface area contributed by atoms with Crippen LogP contribution in [0.1, 0.15) is 10.5 Å². The normalized spacial score (nSPS) is 11.2. The van der Waals surface area contributed by atoms with Crippen molar-refractivity contribution in [2.24, 2.45) is 5.73 Å². The zero-order chi connectivity index (χ0) is 10.1. The van der Waals surface area contributed by atoms with Crippen molar-refractivity contribution in [2.45, 2.75) is 5.16 Å².